The van der Waals surface area contributed by atoms with E-state index in [-0.39, 0.29) is 30.2 Å². The maximum atomic E-state index is 13.8. The fourth-order valence-corrected chi connectivity index (χ4v) is 4.53. The minimum absolute atomic E-state index is 0.0292. The maximum absolute atomic E-state index is 13.8. The van der Waals surface area contributed by atoms with Gasteiger partial charge in [-0.1, -0.05) is 19.1 Å². The Kier molecular flexibility index (Phi) is 9.16. The second kappa shape index (κ2) is 12.1. The largest absolute Gasteiger partial charge is 0.497 e. The summed E-state index contributed by atoms with van der Waals surface area (Å²) in [7, 11) is 3.04. The van der Waals surface area contributed by atoms with Gasteiger partial charge in [-0.3, -0.25) is 9.59 Å². The van der Waals surface area contributed by atoms with E-state index >= 15 is 0 Å². The normalized spacial score (nSPS) is 18.6. The zero-order valence-electron chi connectivity index (χ0n) is 19.9. The number of ether oxygens (including phenoxy) is 2. The molecule has 3 rings (SSSR count). The number of carbonyl (C=O) groups excluding carboxylic acids is 2. The number of halogens is 2. The van der Waals surface area contributed by atoms with Crippen molar-refractivity contribution in [3.8, 4) is 11.5 Å². The fraction of sp³-hybridized carbons (Fsp3) is 0.462. The molecule has 8 heteroatoms. The Balaban J connectivity index is 2.03. The molecule has 0 bridgehead atoms. The van der Waals surface area contributed by atoms with E-state index in [1.54, 1.807) is 30.3 Å². The maximum Gasteiger partial charge on any atom is 0.247 e. The van der Waals surface area contributed by atoms with Gasteiger partial charge in [0.2, 0.25) is 11.8 Å². The van der Waals surface area contributed by atoms with Gasteiger partial charge in [0.05, 0.1) is 14.2 Å². The van der Waals surface area contributed by atoms with Crippen LogP contribution in [0.5, 0.6) is 11.5 Å². The summed E-state index contributed by atoms with van der Waals surface area (Å²) in [5.41, 5.74) is 1.16. The number of nitrogens with one attached hydrogen (secondary N) is 1. The minimum atomic E-state index is -1.01. The lowest BCUT2D eigenvalue weighted by Crippen LogP contribution is -2.47. The fourth-order valence-electron chi connectivity index (χ4n) is 4.38. The molecule has 0 saturated heterocycles. The Morgan fingerprint density at radius 3 is 2.35 bits per heavy atom. The molecule has 2 aromatic rings. The monoisotopic (exact) mass is 490 g/mol. The number of benzene rings is 2. The molecule has 2 amide bonds. The summed E-state index contributed by atoms with van der Waals surface area (Å²) in [6.45, 7) is 2.29. The topological polar surface area (TPSA) is 67.9 Å². The van der Waals surface area contributed by atoms with Crippen LogP contribution in [0.4, 0.5) is 4.39 Å². The first-order valence-corrected chi connectivity index (χ1v) is 12.0. The summed E-state index contributed by atoms with van der Waals surface area (Å²) < 4.78 is 24.4. The lowest BCUT2D eigenvalue weighted by Gasteiger charge is -2.34. The van der Waals surface area contributed by atoms with Crippen LogP contribution in [0.15, 0.2) is 42.5 Å². The number of nitrogens with zero attached hydrogens (tertiary/aromatic N) is 1. The van der Waals surface area contributed by atoms with E-state index in [4.69, 9.17) is 21.1 Å². The number of hydrogen-bond acceptors (Lipinski definition) is 4. The number of hydrogen-bond donors (Lipinski definition) is 1. The highest BCUT2D eigenvalue weighted by atomic mass is 35.5. The van der Waals surface area contributed by atoms with Crippen molar-refractivity contribution >= 4 is 23.4 Å². The van der Waals surface area contributed by atoms with Gasteiger partial charge in [-0.2, -0.15) is 0 Å². The molecule has 0 unspecified atom stereocenters. The van der Waals surface area contributed by atoms with E-state index in [2.05, 4.69) is 12.2 Å². The van der Waals surface area contributed by atoms with Gasteiger partial charge in [-0.25, -0.2) is 4.39 Å². The van der Waals surface area contributed by atoms with Crippen molar-refractivity contribution in [1.29, 1.82) is 0 Å². The highest BCUT2D eigenvalue weighted by Gasteiger charge is 2.35. The zero-order valence-corrected chi connectivity index (χ0v) is 20.6. The molecular weight excluding hydrogens is 459 g/mol. The predicted molar refractivity (Wildman–Crippen MR) is 130 cm³/mol. The Morgan fingerprint density at radius 2 is 1.76 bits per heavy atom. The van der Waals surface area contributed by atoms with Gasteiger partial charge in [0.25, 0.3) is 0 Å². The molecule has 1 aliphatic carbocycles. The molecule has 1 saturated carbocycles. The molecule has 1 N–H and O–H groups in total. The third-order valence-electron chi connectivity index (χ3n) is 6.35. The Hall–Kier alpha value is -2.80. The minimum Gasteiger partial charge on any atom is -0.497 e. The van der Waals surface area contributed by atoms with Crippen molar-refractivity contribution in [2.75, 3.05) is 20.1 Å². The summed E-state index contributed by atoms with van der Waals surface area (Å²) in [5.74, 6) is 0.187. The SMILES string of the molecule is COc1ccc(OC)c([C@H](C(=O)NC2CCC(C)CC2)N(Cc2ccc(F)cc2)C(=O)CCl)c1. The molecule has 2 aromatic carbocycles. The van der Waals surface area contributed by atoms with Crippen LogP contribution < -0.4 is 14.8 Å². The van der Waals surface area contributed by atoms with E-state index in [0.717, 1.165) is 25.7 Å². The lowest BCUT2D eigenvalue weighted by molar-refractivity contribution is -0.140. The van der Waals surface area contributed by atoms with E-state index in [9.17, 15) is 14.0 Å². The molecule has 0 heterocycles. The number of alkyl halides is 1. The first-order valence-electron chi connectivity index (χ1n) is 11.5. The van der Waals surface area contributed by atoms with Gasteiger partial charge >= 0.3 is 0 Å². The molecular formula is C26H32ClFN2O4. The van der Waals surface area contributed by atoms with E-state index in [1.165, 1.54) is 31.3 Å². The molecule has 1 fully saturated rings. The molecule has 34 heavy (non-hydrogen) atoms. The van der Waals surface area contributed by atoms with Crippen LogP contribution in [0.1, 0.15) is 49.8 Å². The lowest BCUT2D eigenvalue weighted by atomic mass is 9.87. The van der Waals surface area contributed by atoms with Crippen LogP contribution in [-0.4, -0.2) is 42.9 Å². The smallest absolute Gasteiger partial charge is 0.247 e. The van der Waals surface area contributed by atoms with Crippen LogP contribution in [0.3, 0.4) is 0 Å². The van der Waals surface area contributed by atoms with E-state index in [1.807, 2.05) is 0 Å². The summed E-state index contributed by atoms with van der Waals surface area (Å²) in [6.07, 6.45) is 3.85. The Bertz CT molecular complexity index is 977. The van der Waals surface area contributed by atoms with Crippen molar-refractivity contribution in [1.82, 2.24) is 10.2 Å². The third kappa shape index (κ3) is 6.41. The highest BCUT2D eigenvalue weighted by Crippen LogP contribution is 2.35. The number of carbonyl (C=O) groups is 2. The van der Waals surface area contributed by atoms with Crippen molar-refractivity contribution in [3.63, 3.8) is 0 Å². The van der Waals surface area contributed by atoms with Crippen LogP contribution in [-0.2, 0) is 16.1 Å². The average Bonchev–Trinajstić information content (AvgIpc) is 2.85. The average molecular weight is 491 g/mol. The summed E-state index contributed by atoms with van der Waals surface area (Å²) in [6, 6.07) is 9.97. The highest BCUT2D eigenvalue weighted by molar-refractivity contribution is 6.27. The van der Waals surface area contributed by atoms with Gasteiger partial charge in [-0.05, 0) is 67.5 Å². The quantitative estimate of drug-likeness (QED) is 0.510. The van der Waals surface area contributed by atoms with Crippen molar-refractivity contribution < 1.29 is 23.5 Å². The molecule has 0 spiro atoms. The van der Waals surface area contributed by atoms with E-state index in [0.29, 0.717) is 28.5 Å². The van der Waals surface area contributed by atoms with Gasteiger partial charge in [0.15, 0.2) is 0 Å². The number of rotatable bonds is 9. The van der Waals surface area contributed by atoms with E-state index < -0.39 is 11.9 Å². The predicted octanol–water partition coefficient (Wildman–Crippen LogP) is 4.85. The van der Waals surface area contributed by atoms with Crippen molar-refractivity contribution in [3.05, 3.63) is 59.4 Å². The second-order valence-corrected chi connectivity index (χ2v) is 9.02. The Morgan fingerprint density at radius 1 is 1.09 bits per heavy atom. The first kappa shape index (κ1) is 25.8. The molecule has 184 valence electrons. The standard InChI is InChI=1S/C26H32ClFN2O4/c1-17-4-10-20(11-5-17)29-26(32)25(22-14-21(33-2)12-13-23(22)34-3)30(24(31)15-27)16-18-6-8-19(28)9-7-18/h6-9,12-14,17,20,25H,4-5,10-11,15-16H2,1-3H3,(H,29,32)/t17?,20?,25-/m1/s1. The number of methoxy groups -OCH3 is 2. The zero-order chi connectivity index (χ0) is 24.7. The molecule has 1 aliphatic rings. The van der Waals surface area contributed by atoms with Crippen molar-refractivity contribution in [2.45, 2.75) is 51.2 Å². The van der Waals surface area contributed by atoms with Crippen LogP contribution in [0.25, 0.3) is 0 Å². The van der Waals surface area contributed by atoms with Crippen LogP contribution in [0.2, 0.25) is 0 Å². The van der Waals surface area contributed by atoms with Gasteiger partial charge in [0, 0.05) is 18.2 Å². The molecule has 0 aromatic heterocycles. The third-order valence-corrected chi connectivity index (χ3v) is 6.58. The van der Waals surface area contributed by atoms with Gasteiger partial charge in [0.1, 0.15) is 29.2 Å². The molecule has 0 radical (unpaired) electrons. The first-order chi connectivity index (χ1) is 16.4. The van der Waals surface area contributed by atoms with Gasteiger partial charge < -0.3 is 19.7 Å². The summed E-state index contributed by atoms with van der Waals surface area (Å²) in [4.78, 5) is 28.2. The van der Waals surface area contributed by atoms with Gasteiger partial charge in [-0.15, -0.1) is 11.6 Å². The summed E-state index contributed by atoms with van der Waals surface area (Å²) >= 11 is 5.98. The molecule has 6 nitrogen and oxygen atoms in total. The molecule has 0 aliphatic heterocycles. The van der Waals surface area contributed by atoms with Crippen LogP contribution in [0, 0.1) is 11.7 Å². The van der Waals surface area contributed by atoms with Crippen LogP contribution >= 0.6 is 11.6 Å². The Labute approximate surface area is 205 Å². The van der Waals surface area contributed by atoms with Crippen molar-refractivity contribution in [2.24, 2.45) is 5.92 Å². The molecule has 1 atom stereocenters. The summed E-state index contributed by atoms with van der Waals surface area (Å²) in [5, 5.41) is 3.15. The number of amides is 2. The second-order valence-electron chi connectivity index (χ2n) is 8.76.